The number of nitrogens with zero attached hydrogens (tertiary/aromatic N) is 3. The lowest BCUT2D eigenvalue weighted by atomic mass is 9.60. The molecule has 3 aliphatic carbocycles. The van der Waals surface area contributed by atoms with E-state index in [1.54, 1.807) is 0 Å². The summed E-state index contributed by atoms with van der Waals surface area (Å²) >= 11 is 0. The molecule has 1 saturated heterocycles. The fourth-order valence-electron chi connectivity index (χ4n) is 5.49. The summed E-state index contributed by atoms with van der Waals surface area (Å²) in [6.45, 7) is 8.88. The molecule has 5 rings (SSSR count). The van der Waals surface area contributed by atoms with E-state index >= 15 is 0 Å². The second-order valence-corrected chi connectivity index (χ2v) is 7.57. The smallest absolute Gasteiger partial charge is 0.257 e. The topological polar surface area (TPSA) is 38.1 Å². The molecule has 120 valence electrons. The zero-order valence-electron chi connectivity index (χ0n) is 14.0. The molecule has 1 amide bonds. The predicted molar refractivity (Wildman–Crippen MR) is 85.7 cm³/mol. The highest BCUT2D eigenvalue weighted by Gasteiger charge is 2.49. The van der Waals surface area contributed by atoms with Crippen LogP contribution in [0, 0.1) is 37.5 Å². The first-order valence-electron chi connectivity index (χ1n) is 8.93. The maximum Gasteiger partial charge on any atom is 0.257 e. The third-order valence-corrected chi connectivity index (χ3v) is 6.62. The Morgan fingerprint density at radius 3 is 2.09 bits per heavy atom. The maximum absolute atomic E-state index is 13.1. The molecule has 4 nitrogen and oxygen atoms in total. The molecule has 1 aromatic heterocycles. The lowest BCUT2D eigenvalue weighted by Gasteiger charge is -2.44. The number of fused-ring (bicyclic) bond motifs is 2. The normalized spacial score (nSPS) is 33.3. The van der Waals surface area contributed by atoms with Crippen molar-refractivity contribution in [1.82, 2.24) is 14.7 Å². The van der Waals surface area contributed by atoms with Gasteiger partial charge in [0.1, 0.15) is 0 Å². The lowest BCUT2D eigenvalue weighted by molar-refractivity contribution is 0.0577. The van der Waals surface area contributed by atoms with Crippen LogP contribution in [0.25, 0.3) is 0 Å². The second kappa shape index (κ2) is 5.10. The first-order valence-corrected chi connectivity index (χ1v) is 8.93. The number of amides is 1. The zero-order chi connectivity index (χ0) is 15.4. The summed E-state index contributed by atoms with van der Waals surface area (Å²) in [5.41, 5.74) is 2.78. The number of rotatable bonds is 2. The van der Waals surface area contributed by atoms with Crippen molar-refractivity contribution in [3.8, 4) is 0 Å². The average Bonchev–Trinajstić information content (AvgIpc) is 3.11. The molecule has 4 aliphatic rings. The van der Waals surface area contributed by atoms with Gasteiger partial charge in [-0.05, 0) is 70.1 Å². The van der Waals surface area contributed by atoms with Crippen LogP contribution in [0.15, 0.2) is 0 Å². The fraction of sp³-hybridized carbons (Fsp3) is 0.778. The quantitative estimate of drug-likeness (QED) is 0.842. The van der Waals surface area contributed by atoms with E-state index in [1.165, 1.54) is 25.7 Å². The van der Waals surface area contributed by atoms with Gasteiger partial charge in [0.25, 0.3) is 5.91 Å². The molecular weight excluding hydrogens is 274 g/mol. The van der Waals surface area contributed by atoms with E-state index in [0.29, 0.717) is 0 Å². The molecule has 0 N–H and O–H groups in total. The minimum Gasteiger partial charge on any atom is -0.338 e. The molecule has 4 fully saturated rings. The van der Waals surface area contributed by atoms with Crippen LogP contribution >= 0.6 is 0 Å². The largest absolute Gasteiger partial charge is 0.338 e. The number of aromatic nitrogens is 2. The molecule has 0 aromatic carbocycles. The van der Waals surface area contributed by atoms with E-state index in [2.05, 4.69) is 16.9 Å². The number of likely N-dealkylation sites (tertiary alicyclic amines) is 1. The summed E-state index contributed by atoms with van der Waals surface area (Å²) < 4.78 is 1.95. The Bertz CT molecular complexity index is 578. The zero-order valence-corrected chi connectivity index (χ0v) is 14.0. The van der Waals surface area contributed by atoms with Crippen molar-refractivity contribution >= 4 is 5.91 Å². The van der Waals surface area contributed by atoms with Crippen LogP contribution in [0.1, 0.15) is 54.4 Å². The average molecular weight is 301 g/mol. The van der Waals surface area contributed by atoms with Gasteiger partial charge in [-0.15, -0.1) is 0 Å². The Labute approximate surface area is 132 Å². The van der Waals surface area contributed by atoms with E-state index in [1.807, 2.05) is 18.5 Å². The summed E-state index contributed by atoms with van der Waals surface area (Å²) in [6.07, 6.45) is 5.61. The second-order valence-electron chi connectivity index (χ2n) is 7.57. The molecule has 3 saturated carbocycles. The summed E-state index contributed by atoms with van der Waals surface area (Å²) in [4.78, 5) is 15.2. The van der Waals surface area contributed by atoms with Gasteiger partial charge in [-0.3, -0.25) is 9.48 Å². The van der Waals surface area contributed by atoms with Crippen LogP contribution in [0.3, 0.4) is 0 Å². The SMILES string of the molecule is CCn1nc(C)c(C(=O)N2C[C@@H]3C4CCC(CC4)[C@@H]3C2)c1C. The first kappa shape index (κ1) is 14.3. The van der Waals surface area contributed by atoms with E-state index in [9.17, 15) is 4.79 Å². The fourth-order valence-corrected chi connectivity index (χ4v) is 5.49. The van der Waals surface area contributed by atoms with E-state index < -0.39 is 0 Å². The minimum atomic E-state index is 0.225. The van der Waals surface area contributed by atoms with Crippen LogP contribution in [0.2, 0.25) is 0 Å². The molecule has 0 radical (unpaired) electrons. The minimum absolute atomic E-state index is 0.225. The molecule has 0 spiro atoms. The van der Waals surface area contributed by atoms with E-state index in [0.717, 1.165) is 60.3 Å². The van der Waals surface area contributed by atoms with E-state index in [4.69, 9.17) is 0 Å². The molecular formula is C18H27N3O. The number of hydrogen-bond donors (Lipinski definition) is 0. The Morgan fingerprint density at radius 1 is 1.09 bits per heavy atom. The van der Waals surface area contributed by atoms with Gasteiger partial charge in [-0.2, -0.15) is 5.10 Å². The highest BCUT2D eigenvalue weighted by atomic mass is 16.2. The molecule has 2 bridgehead atoms. The number of hydrogen-bond acceptors (Lipinski definition) is 2. The Hall–Kier alpha value is -1.32. The molecule has 1 aromatic rings. The first-order chi connectivity index (χ1) is 10.6. The van der Waals surface area contributed by atoms with Crippen molar-refractivity contribution in [2.75, 3.05) is 13.1 Å². The van der Waals surface area contributed by atoms with Crippen LogP contribution in [-0.4, -0.2) is 33.7 Å². The van der Waals surface area contributed by atoms with Gasteiger partial charge in [0.15, 0.2) is 0 Å². The Morgan fingerprint density at radius 2 is 1.64 bits per heavy atom. The van der Waals surface area contributed by atoms with Gasteiger partial charge in [0, 0.05) is 25.3 Å². The third kappa shape index (κ3) is 1.95. The van der Waals surface area contributed by atoms with Crippen molar-refractivity contribution in [1.29, 1.82) is 0 Å². The van der Waals surface area contributed by atoms with Crippen molar-refractivity contribution < 1.29 is 4.79 Å². The molecule has 4 heteroatoms. The predicted octanol–water partition coefficient (Wildman–Crippen LogP) is 3.03. The standard InChI is InChI=1S/C18H27N3O/c1-4-21-12(3)17(11(2)19-21)18(22)20-9-15-13-5-6-14(8-7-13)16(15)10-20/h13-16H,4-10H2,1-3H3/t13?,14?,15-,16+. The van der Waals surface area contributed by atoms with E-state index in [-0.39, 0.29) is 5.91 Å². The molecule has 2 atom stereocenters. The van der Waals surface area contributed by atoms with Crippen LogP contribution in [0.4, 0.5) is 0 Å². The lowest BCUT2D eigenvalue weighted by Crippen LogP contribution is -2.38. The third-order valence-electron chi connectivity index (χ3n) is 6.62. The van der Waals surface area contributed by atoms with Crippen molar-refractivity contribution in [2.45, 2.75) is 53.0 Å². The number of carbonyl (C=O) groups is 1. The van der Waals surface area contributed by atoms with Crippen molar-refractivity contribution in [3.63, 3.8) is 0 Å². The molecule has 2 heterocycles. The van der Waals surface area contributed by atoms with Gasteiger partial charge >= 0.3 is 0 Å². The van der Waals surface area contributed by atoms with Gasteiger partial charge in [-0.25, -0.2) is 0 Å². The van der Waals surface area contributed by atoms with Crippen LogP contribution in [0.5, 0.6) is 0 Å². The van der Waals surface area contributed by atoms with Crippen molar-refractivity contribution in [2.24, 2.45) is 23.7 Å². The van der Waals surface area contributed by atoms with Gasteiger partial charge in [0.05, 0.1) is 11.3 Å². The van der Waals surface area contributed by atoms with Crippen molar-refractivity contribution in [3.05, 3.63) is 17.0 Å². The van der Waals surface area contributed by atoms with Crippen LogP contribution in [-0.2, 0) is 6.54 Å². The number of aryl methyl sites for hydroxylation is 2. The highest BCUT2D eigenvalue weighted by Crippen LogP contribution is 2.52. The summed E-state index contributed by atoms with van der Waals surface area (Å²) in [5, 5.41) is 4.52. The monoisotopic (exact) mass is 301 g/mol. The Balaban J connectivity index is 1.59. The van der Waals surface area contributed by atoms with Gasteiger partial charge in [-0.1, -0.05) is 0 Å². The maximum atomic E-state index is 13.1. The summed E-state index contributed by atoms with van der Waals surface area (Å²) in [5.74, 6) is 3.54. The summed E-state index contributed by atoms with van der Waals surface area (Å²) in [6, 6.07) is 0. The van der Waals surface area contributed by atoms with Crippen LogP contribution < -0.4 is 0 Å². The van der Waals surface area contributed by atoms with Gasteiger partial charge < -0.3 is 4.90 Å². The highest BCUT2D eigenvalue weighted by molar-refractivity contribution is 5.96. The molecule has 0 unspecified atom stereocenters. The van der Waals surface area contributed by atoms with Gasteiger partial charge in [0.2, 0.25) is 0 Å². The molecule has 1 aliphatic heterocycles. The molecule has 22 heavy (non-hydrogen) atoms. The number of carbonyl (C=O) groups excluding carboxylic acids is 1. The summed E-state index contributed by atoms with van der Waals surface area (Å²) in [7, 11) is 0. The Kier molecular flexibility index (Phi) is 3.31.